The van der Waals surface area contributed by atoms with Gasteiger partial charge >= 0.3 is 0 Å². The van der Waals surface area contributed by atoms with Gasteiger partial charge in [0, 0.05) is 23.8 Å². The Morgan fingerprint density at radius 1 is 1.08 bits per heavy atom. The second-order valence-electron chi connectivity index (χ2n) is 7.64. The number of aromatic nitrogens is 2. The molecule has 0 amide bonds. The van der Waals surface area contributed by atoms with Gasteiger partial charge in [0.05, 0.1) is 10.6 Å². The molecule has 0 atom stereocenters. The number of nitrogens with one attached hydrogen (secondary N) is 1. The molecule has 138 valence electrons. The van der Waals surface area contributed by atoms with Gasteiger partial charge in [-0.05, 0) is 57.9 Å². The summed E-state index contributed by atoms with van der Waals surface area (Å²) in [4.78, 5) is 12.9. The molecule has 1 N–H and O–H groups in total. The number of hydrogen-bond acceptors (Lipinski definition) is 3. The minimum absolute atomic E-state index is 0.0709. The van der Waals surface area contributed by atoms with Crippen molar-refractivity contribution in [2.45, 2.75) is 57.9 Å². The fourth-order valence-corrected chi connectivity index (χ4v) is 4.33. The third-order valence-electron chi connectivity index (χ3n) is 4.01. The molecule has 6 nitrogen and oxygen atoms in total. The van der Waals surface area contributed by atoms with Gasteiger partial charge in [0.15, 0.2) is 0 Å². The van der Waals surface area contributed by atoms with Gasteiger partial charge < -0.3 is 0 Å². The molecule has 0 unspecified atom stereocenters. The predicted molar refractivity (Wildman–Crippen MR) is 99.9 cm³/mol. The molecule has 0 spiro atoms. The van der Waals surface area contributed by atoms with Gasteiger partial charge in [0.25, 0.3) is 5.56 Å². The normalized spacial score (nSPS) is 12.8. The number of sulfonamides is 1. The van der Waals surface area contributed by atoms with E-state index in [0.717, 1.165) is 11.3 Å². The van der Waals surface area contributed by atoms with Gasteiger partial charge in [0.2, 0.25) is 10.0 Å². The van der Waals surface area contributed by atoms with Crippen LogP contribution in [0.3, 0.4) is 0 Å². The summed E-state index contributed by atoms with van der Waals surface area (Å²) in [6.45, 7) is 11.3. The molecule has 0 saturated heterocycles. The van der Waals surface area contributed by atoms with Gasteiger partial charge in [0.1, 0.15) is 0 Å². The zero-order chi connectivity index (χ0) is 19.2. The second-order valence-corrected chi connectivity index (χ2v) is 9.33. The van der Waals surface area contributed by atoms with Crippen LogP contribution < -0.4 is 10.3 Å². The largest absolute Gasteiger partial charge is 0.285 e. The summed E-state index contributed by atoms with van der Waals surface area (Å²) in [6.07, 6.45) is 0. The number of nitrogens with zero attached hydrogens (tertiary/aromatic N) is 2. The van der Waals surface area contributed by atoms with Gasteiger partial charge in [-0.25, -0.2) is 17.8 Å². The molecule has 0 aliphatic heterocycles. The van der Waals surface area contributed by atoms with Crippen LogP contribution in [-0.4, -0.2) is 23.3 Å². The average molecular weight is 365 g/mol. The summed E-state index contributed by atoms with van der Waals surface area (Å²) >= 11 is 0. The Hall–Kier alpha value is -1.86. The SMILES string of the molecule is Cc1c(C(C)C)c(=O)n(-c2ccc(S(=O)(=O)NC(C)(C)C)cc2)n1C. The molecule has 1 aromatic carbocycles. The molecule has 0 radical (unpaired) electrons. The minimum atomic E-state index is -3.60. The maximum Gasteiger partial charge on any atom is 0.275 e. The molecule has 0 fully saturated rings. The van der Waals surface area contributed by atoms with E-state index in [1.165, 1.54) is 12.1 Å². The first-order valence-corrected chi connectivity index (χ1v) is 9.76. The van der Waals surface area contributed by atoms with Crippen LogP contribution in [0.4, 0.5) is 0 Å². The summed E-state index contributed by atoms with van der Waals surface area (Å²) in [5, 5.41) is 0. The summed E-state index contributed by atoms with van der Waals surface area (Å²) in [5.74, 6) is 0.121. The lowest BCUT2D eigenvalue weighted by Gasteiger charge is -2.20. The zero-order valence-electron chi connectivity index (χ0n) is 15.9. The highest BCUT2D eigenvalue weighted by atomic mass is 32.2. The third-order valence-corrected chi connectivity index (χ3v) is 5.78. The van der Waals surface area contributed by atoms with Crippen LogP contribution in [0.5, 0.6) is 0 Å². The van der Waals surface area contributed by atoms with Crippen LogP contribution in [0, 0.1) is 6.92 Å². The van der Waals surface area contributed by atoms with Crippen molar-refractivity contribution >= 4 is 10.0 Å². The summed E-state index contributed by atoms with van der Waals surface area (Å²) in [5.41, 5.74) is 1.69. The molecule has 1 aromatic heterocycles. The summed E-state index contributed by atoms with van der Waals surface area (Å²) in [6, 6.07) is 6.35. The van der Waals surface area contributed by atoms with Crippen molar-refractivity contribution in [3.63, 3.8) is 0 Å². The highest BCUT2D eigenvalue weighted by Crippen LogP contribution is 2.19. The van der Waals surface area contributed by atoms with Crippen LogP contribution in [-0.2, 0) is 17.1 Å². The lowest BCUT2D eigenvalue weighted by atomic mass is 10.0. The van der Waals surface area contributed by atoms with Gasteiger partial charge in [-0.15, -0.1) is 0 Å². The van der Waals surface area contributed by atoms with Crippen LogP contribution in [0.15, 0.2) is 34.0 Å². The van der Waals surface area contributed by atoms with Gasteiger partial charge in [-0.1, -0.05) is 13.8 Å². The van der Waals surface area contributed by atoms with Crippen molar-refractivity contribution in [1.82, 2.24) is 14.1 Å². The first-order valence-electron chi connectivity index (χ1n) is 8.28. The number of rotatable bonds is 4. The smallest absolute Gasteiger partial charge is 0.275 e. The Labute approximate surface area is 149 Å². The average Bonchev–Trinajstić information content (AvgIpc) is 2.67. The van der Waals surface area contributed by atoms with Crippen LogP contribution in [0.1, 0.15) is 51.8 Å². The zero-order valence-corrected chi connectivity index (χ0v) is 16.7. The third kappa shape index (κ3) is 3.88. The van der Waals surface area contributed by atoms with Gasteiger partial charge in [-0.3, -0.25) is 9.48 Å². The van der Waals surface area contributed by atoms with E-state index >= 15 is 0 Å². The molecule has 0 bridgehead atoms. The van der Waals surface area contributed by atoms with E-state index in [2.05, 4.69) is 4.72 Å². The molecular formula is C18H27N3O3S. The Kier molecular flexibility index (Phi) is 5.03. The van der Waals surface area contributed by atoms with E-state index in [9.17, 15) is 13.2 Å². The molecule has 7 heteroatoms. The summed E-state index contributed by atoms with van der Waals surface area (Å²) < 4.78 is 30.8. The fourth-order valence-electron chi connectivity index (χ4n) is 2.91. The molecule has 0 aliphatic carbocycles. The second kappa shape index (κ2) is 6.46. The molecule has 0 aliphatic rings. The highest BCUT2D eigenvalue weighted by molar-refractivity contribution is 7.89. The molecule has 2 rings (SSSR count). The number of benzene rings is 1. The predicted octanol–water partition coefficient (Wildman–Crippen LogP) is 2.68. The van der Waals surface area contributed by atoms with E-state index in [4.69, 9.17) is 0 Å². The summed E-state index contributed by atoms with van der Waals surface area (Å²) in [7, 11) is -1.77. The molecule has 25 heavy (non-hydrogen) atoms. The first kappa shape index (κ1) is 19.5. The maximum atomic E-state index is 12.7. The van der Waals surface area contributed by atoms with Crippen molar-refractivity contribution in [3.05, 3.63) is 45.9 Å². The first-order chi connectivity index (χ1) is 11.3. The van der Waals surface area contributed by atoms with E-state index in [1.807, 2.05) is 27.8 Å². The van der Waals surface area contributed by atoms with Gasteiger partial charge in [-0.2, -0.15) is 0 Å². The number of hydrogen-bond donors (Lipinski definition) is 1. The van der Waals surface area contributed by atoms with Crippen LogP contribution in [0.25, 0.3) is 5.69 Å². The minimum Gasteiger partial charge on any atom is -0.285 e. The van der Waals surface area contributed by atoms with E-state index in [1.54, 1.807) is 42.3 Å². The van der Waals surface area contributed by atoms with Crippen LogP contribution >= 0.6 is 0 Å². The molecular weight excluding hydrogens is 338 g/mol. The standard InChI is InChI=1S/C18H27N3O3S/c1-12(2)16-13(3)20(7)21(17(16)22)14-8-10-15(11-9-14)25(23,24)19-18(4,5)6/h8-12,19H,1-7H3. The van der Waals surface area contributed by atoms with Crippen LogP contribution in [0.2, 0.25) is 0 Å². The van der Waals surface area contributed by atoms with E-state index in [-0.39, 0.29) is 16.4 Å². The van der Waals surface area contributed by atoms with Crippen molar-refractivity contribution in [2.24, 2.45) is 7.05 Å². The van der Waals surface area contributed by atoms with Crippen molar-refractivity contribution in [2.75, 3.05) is 0 Å². The molecule has 1 heterocycles. The maximum absolute atomic E-state index is 12.7. The fraction of sp³-hybridized carbons (Fsp3) is 0.500. The monoisotopic (exact) mass is 365 g/mol. The Bertz CT molecular complexity index is 928. The topological polar surface area (TPSA) is 73.1 Å². The van der Waals surface area contributed by atoms with Crippen molar-refractivity contribution < 1.29 is 8.42 Å². The Balaban J connectivity index is 2.49. The quantitative estimate of drug-likeness (QED) is 0.905. The highest BCUT2D eigenvalue weighted by Gasteiger charge is 2.23. The Morgan fingerprint density at radius 3 is 2.00 bits per heavy atom. The lowest BCUT2D eigenvalue weighted by Crippen LogP contribution is -2.40. The van der Waals surface area contributed by atoms with Crippen molar-refractivity contribution in [3.8, 4) is 5.69 Å². The Morgan fingerprint density at radius 2 is 1.60 bits per heavy atom. The van der Waals surface area contributed by atoms with E-state index in [0.29, 0.717) is 5.69 Å². The van der Waals surface area contributed by atoms with E-state index < -0.39 is 15.6 Å². The molecule has 0 saturated carbocycles. The lowest BCUT2D eigenvalue weighted by molar-refractivity contribution is 0.491. The van der Waals surface area contributed by atoms with Crippen molar-refractivity contribution in [1.29, 1.82) is 0 Å². The molecule has 2 aromatic rings.